The summed E-state index contributed by atoms with van der Waals surface area (Å²) < 4.78 is 13.9. The maximum Gasteiger partial charge on any atom is 0.126 e. The van der Waals surface area contributed by atoms with Gasteiger partial charge in [-0.25, -0.2) is 4.39 Å². The highest BCUT2D eigenvalue weighted by molar-refractivity contribution is 5.39. The minimum absolute atomic E-state index is 0.0479. The minimum Gasteiger partial charge on any atom is -0.396 e. The molecular weight excluding hydrogens is 251 g/mol. The highest BCUT2D eigenvalue weighted by Gasteiger charge is 2.17. The lowest BCUT2D eigenvalue weighted by atomic mass is 9.87. The second-order valence-electron chi connectivity index (χ2n) is 5.48. The van der Waals surface area contributed by atoms with Crippen molar-refractivity contribution in [2.24, 2.45) is 0 Å². The molecule has 0 radical (unpaired) electrons. The van der Waals surface area contributed by atoms with Crippen LogP contribution in [-0.2, 0) is 6.42 Å². The molecule has 1 unspecified atom stereocenters. The van der Waals surface area contributed by atoms with Crippen LogP contribution in [0.4, 0.5) is 4.39 Å². The molecule has 1 N–H and O–H groups in total. The zero-order valence-electron chi connectivity index (χ0n) is 12.3. The van der Waals surface area contributed by atoms with Crippen LogP contribution < -0.4 is 0 Å². The summed E-state index contributed by atoms with van der Waals surface area (Å²) in [6, 6.07) is 11.0. The van der Waals surface area contributed by atoms with Crippen LogP contribution in [0.2, 0.25) is 0 Å². The van der Waals surface area contributed by atoms with Crippen molar-refractivity contribution in [1.82, 2.24) is 0 Å². The zero-order valence-corrected chi connectivity index (χ0v) is 12.3. The Balaban J connectivity index is 2.35. The Bertz CT molecular complexity index is 581. The average Bonchev–Trinajstić information content (AvgIpc) is 2.39. The van der Waals surface area contributed by atoms with Crippen LogP contribution in [0.1, 0.15) is 33.7 Å². The van der Waals surface area contributed by atoms with Gasteiger partial charge >= 0.3 is 0 Å². The first-order valence-corrected chi connectivity index (χ1v) is 6.95. The number of aliphatic hydroxyl groups excluding tert-OH is 1. The lowest BCUT2D eigenvalue weighted by molar-refractivity contribution is 0.261. The maximum absolute atomic E-state index is 13.9. The summed E-state index contributed by atoms with van der Waals surface area (Å²) >= 11 is 0. The van der Waals surface area contributed by atoms with Crippen LogP contribution in [0.15, 0.2) is 36.4 Å². The SMILES string of the molecule is Cc1cc(C)c(CC(CO)c2ccccc2F)c(C)c1. The number of rotatable bonds is 4. The van der Waals surface area contributed by atoms with Crippen LogP contribution >= 0.6 is 0 Å². The van der Waals surface area contributed by atoms with E-state index in [1.165, 1.54) is 28.3 Å². The standard InChI is InChI=1S/C18H21FO/c1-12-8-13(2)17(14(3)9-12)10-15(11-20)16-6-4-5-7-18(16)19/h4-9,15,20H,10-11H2,1-3H3. The van der Waals surface area contributed by atoms with Crippen molar-refractivity contribution < 1.29 is 9.50 Å². The number of benzene rings is 2. The van der Waals surface area contributed by atoms with Crippen LogP contribution in [0.25, 0.3) is 0 Å². The normalized spacial score (nSPS) is 12.4. The van der Waals surface area contributed by atoms with Crippen LogP contribution in [0, 0.1) is 26.6 Å². The molecule has 20 heavy (non-hydrogen) atoms. The highest BCUT2D eigenvalue weighted by atomic mass is 19.1. The summed E-state index contributed by atoms with van der Waals surface area (Å²) in [6.45, 7) is 6.17. The Labute approximate surface area is 120 Å². The summed E-state index contributed by atoms with van der Waals surface area (Å²) in [5.74, 6) is -0.440. The van der Waals surface area contributed by atoms with E-state index in [0.717, 1.165) is 0 Å². The summed E-state index contributed by atoms with van der Waals surface area (Å²) in [7, 11) is 0. The third-order valence-corrected chi connectivity index (χ3v) is 3.86. The fourth-order valence-corrected chi connectivity index (χ4v) is 2.86. The zero-order chi connectivity index (χ0) is 14.7. The molecular formula is C18H21FO. The molecule has 0 aliphatic rings. The Hall–Kier alpha value is -1.67. The van der Waals surface area contributed by atoms with E-state index in [1.54, 1.807) is 12.1 Å². The quantitative estimate of drug-likeness (QED) is 0.889. The van der Waals surface area contributed by atoms with Gasteiger partial charge in [0.1, 0.15) is 5.82 Å². The lowest BCUT2D eigenvalue weighted by Crippen LogP contribution is -2.11. The fraction of sp³-hybridized carbons (Fsp3) is 0.333. The Morgan fingerprint density at radius 3 is 2.20 bits per heavy atom. The molecule has 0 bridgehead atoms. The first-order valence-electron chi connectivity index (χ1n) is 6.95. The second kappa shape index (κ2) is 6.19. The van der Waals surface area contributed by atoms with Gasteiger partial charge in [0.15, 0.2) is 0 Å². The third kappa shape index (κ3) is 3.07. The van der Waals surface area contributed by atoms with Crippen molar-refractivity contribution in [3.8, 4) is 0 Å². The molecule has 2 rings (SSSR count). The van der Waals surface area contributed by atoms with Crippen molar-refractivity contribution in [3.63, 3.8) is 0 Å². The summed E-state index contributed by atoms with van der Waals surface area (Å²) in [5.41, 5.74) is 5.44. The van der Waals surface area contributed by atoms with Gasteiger partial charge in [0.25, 0.3) is 0 Å². The Morgan fingerprint density at radius 1 is 1.05 bits per heavy atom. The molecule has 0 spiro atoms. The predicted octanol–water partition coefficient (Wildman–Crippen LogP) is 4.07. The van der Waals surface area contributed by atoms with Gasteiger partial charge in [0, 0.05) is 5.92 Å². The molecule has 0 aliphatic carbocycles. The largest absolute Gasteiger partial charge is 0.396 e. The van der Waals surface area contributed by atoms with E-state index in [1.807, 2.05) is 6.07 Å². The van der Waals surface area contributed by atoms with Gasteiger partial charge in [-0.1, -0.05) is 35.9 Å². The van der Waals surface area contributed by atoms with Gasteiger partial charge in [-0.15, -0.1) is 0 Å². The molecule has 0 heterocycles. The van der Waals surface area contributed by atoms with Crippen LogP contribution in [0.3, 0.4) is 0 Å². The van der Waals surface area contributed by atoms with Gasteiger partial charge in [-0.3, -0.25) is 0 Å². The van der Waals surface area contributed by atoms with Crippen molar-refractivity contribution in [2.45, 2.75) is 33.1 Å². The molecule has 0 saturated carbocycles. The van der Waals surface area contributed by atoms with E-state index in [9.17, 15) is 9.50 Å². The molecule has 0 aromatic heterocycles. The number of aryl methyl sites for hydroxylation is 3. The third-order valence-electron chi connectivity index (χ3n) is 3.86. The van der Waals surface area contributed by atoms with E-state index in [2.05, 4.69) is 32.9 Å². The monoisotopic (exact) mass is 272 g/mol. The van der Waals surface area contributed by atoms with E-state index in [0.29, 0.717) is 12.0 Å². The van der Waals surface area contributed by atoms with Crippen LogP contribution in [0.5, 0.6) is 0 Å². The van der Waals surface area contributed by atoms with Gasteiger partial charge in [0.05, 0.1) is 6.61 Å². The first-order chi connectivity index (χ1) is 9.52. The molecule has 2 heteroatoms. The summed E-state index contributed by atoms with van der Waals surface area (Å²) in [6.07, 6.45) is 0.662. The molecule has 1 atom stereocenters. The number of hydrogen-bond donors (Lipinski definition) is 1. The minimum atomic E-state index is -0.242. The van der Waals surface area contributed by atoms with Crippen molar-refractivity contribution in [3.05, 3.63) is 70.0 Å². The van der Waals surface area contributed by atoms with Gasteiger partial charge < -0.3 is 5.11 Å². The predicted molar refractivity (Wildman–Crippen MR) is 80.6 cm³/mol. The summed E-state index contributed by atoms with van der Waals surface area (Å²) in [5, 5.41) is 9.63. The molecule has 0 fully saturated rings. The molecule has 2 aromatic carbocycles. The first kappa shape index (κ1) is 14.7. The number of hydrogen-bond acceptors (Lipinski definition) is 1. The lowest BCUT2D eigenvalue weighted by Gasteiger charge is -2.19. The van der Waals surface area contributed by atoms with E-state index in [-0.39, 0.29) is 18.3 Å². The van der Waals surface area contributed by atoms with Gasteiger partial charge in [-0.2, -0.15) is 0 Å². The topological polar surface area (TPSA) is 20.2 Å². The molecule has 0 amide bonds. The highest BCUT2D eigenvalue weighted by Crippen LogP contribution is 2.27. The molecule has 0 aliphatic heterocycles. The molecule has 106 valence electrons. The number of halogens is 1. The van der Waals surface area contributed by atoms with E-state index in [4.69, 9.17) is 0 Å². The molecule has 2 aromatic rings. The maximum atomic E-state index is 13.9. The van der Waals surface area contributed by atoms with Crippen molar-refractivity contribution in [2.75, 3.05) is 6.61 Å². The van der Waals surface area contributed by atoms with Gasteiger partial charge in [0.2, 0.25) is 0 Å². The Kier molecular flexibility index (Phi) is 4.56. The Morgan fingerprint density at radius 2 is 1.65 bits per heavy atom. The fourth-order valence-electron chi connectivity index (χ4n) is 2.86. The van der Waals surface area contributed by atoms with Crippen molar-refractivity contribution in [1.29, 1.82) is 0 Å². The van der Waals surface area contributed by atoms with Crippen LogP contribution in [-0.4, -0.2) is 11.7 Å². The smallest absolute Gasteiger partial charge is 0.126 e. The second-order valence-corrected chi connectivity index (χ2v) is 5.48. The van der Waals surface area contributed by atoms with Gasteiger partial charge in [-0.05, 0) is 55.5 Å². The molecule has 0 saturated heterocycles. The number of aliphatic hydroxyl groups is 1. The summed E-state index contributed by atoms with van der Waals surface area (Å²) in [4.78, 5) is 0. The van der Waals surface area contributed by atoms with E-state index >= 15 is 0 Å². The average molecular weight is 272 g/mol. The van der Waals surface area contributed by atoms with Crippen molar-refractivity contribution >= 4 is 0 Å². The molecule has 1 nitrogen and oxygen atoms in total. The van der Waals surface area contributed by atoms with E-state index < -0.39 is 0 Å².